The summed E-state index contributed by atoms with van der Waals surface area (Å²) in [5.74, 6) is 1.17. The highest BCUT2D eigenvalue weighted by Crippen LogP contribution is 2.44. The van der Waals surface area contributed by atoms with Crippen LogP contribution in [0.15, 0.2) is 42.5 Å². The van der Waals surface area contributed by atoms with Gasteiger partial charge in [0.1, 0.15) is 6.10 Å². The van der Waals surface area contributed by atoms with Gasteiger partial charge in [-0.05, 0) is 90.3 Å². The first-order chi connectivity index (χ1) is 16.3. The van der Waals surface area contributed by atoms with Gasteiger partial charge in [-0.1, -0.05) is 70.2 Å². The first-order valence-corrected chi connectivity index (χ1v) is 13.2. The molecule has 0 unspecified atom stereocenters. The number of alkyl carbamates (subject to hydrolysis) is 1. The molecule has 1 N–H and O–H groups in total. The molecule has 182 valence electrons. The van der Waals surface area contributed by atoms with Gasteiger partial charge in [0.25, 0.3) is 0 Å². The smallest absolute Gasteiger partial charge is 0.407 e. The van der Waals surface area contributed by atoms with Gasteiger partial charge >= 0.3 is 6.09 Å². The van der Waals surface area contributed by atoms with Crippen LogP contribution in [-0.2, 0) is 17.6 Å². The lowest BCUT2D eigenvalue weighted by atomic mass is 9.70. The van der Waals surface area contributed by atoms with E-state index in [9.17, 15) is 4.79 Å². The second-order valence-electron chi connectivity index (χ2n) is 11.9. The molecule has 3 heterocycles. The van der Waals surface area contributed by atoms with Crippen molar-refractivity contribution in [3.63, 3.8) is 0 Å². The molecule has 6 rings (SSSR count). The average Bonchev–Trinajstić information content (AvgIpc) is 2.81. The number of benzene rings is 2. The van der Waals surface area contributed by atoms with Crippen LogP contribution in [0, 0.1) is 17.3 Å². The summed E-state index contributed by atoms with van der Waals surface area (Å²) in [6.45, 7) is 12.2. The Morgan fingerprint density at radius 2 is 1.88 bits per heavy atom. The van der Waals surface area contributed by atoms with E-state index in [4.69, 9.17) is 4.74 Å². The van der Waals surface area contributed by atoms with Crippen LogP contribution in [0.25, 0.3) is 11.1 Å². The predicted molar refractivity (Wildman–Crippen MR) is 138 cm³/mol. The SMILES string of the molecule is CC(C)Cc1cccc(-c2ccc3c(c2)CCC(C)(C)[C@H]3NC(=O)O[C@H]2CN3CCC2CC3)c1. The van der Waals surface area contributed by atoms with Crippen LogP contribution >= 0.6 is 0 Å². The van der Waals surface area contributed by atoms with E-state index in [1.807, 2.05) is 0 Å². The van der Waals surface area contributed by atoms with E-state index in [0.29, 0.717) is 11.8 Å². The second-order valence-corrected chi connectivity index (χ2v) is 11.9. The van der Waals surface area contributed by atoms with Crippen molar-refractivity contribution in [3.8, 4) is 11.1 Å². The van der Waals surface area contributed by atoms with E-state index in [1.54, 1.807) is 0 Å². The van der Waals surface area contributed by atoms with Gasteiger partial charge in [-0.25, -0.2) is 4.79 Å². The Kier molecular flexibility index (Phi) is 6.45. The van der Waals surface area contributed by atoms with E-state index in [2.05, 4.69) is 80.4 Å². The number of aryl methyl sites for hydroxylation is 1. The third kappa shape index (κ3) is 4.88. The molecule has 2 aromatic rings. The number of hydrogen-bond donors (Lipinski definition) is 1. The first-order valence-electron chi connectivity index (χ1n) is 13.2. The van der Waals surface area contributed by atoms with Gasteiger partial charge in [0, 0.05) is 6.54 Å². The summed E-state index contributed by atoms with van der Waals surface area (Å²) < 4.78 is 5.98. The van der Waals surface area contributed by atoms with Crippen LogP contribution in [0.1, 0.15) is 69.7 Å². The Morgan fingerprint density at radius 1 is 1.12 bits per heavy atom. The molecular formula is C30H40N2O2. The van der Waals surface area contributed by atoms with Crippen molar-refractivity contribution in [1.82, 2.24) is 10.2 Å². The monoisotopic (exact) mass is 460 g/mol. The minimum Gasteiger partial charge on any atom is -0.445 e. The normalized spacial score (nSPS) is 27.3. The number of amides is 1. The number of nitrogens with zero attached hydrogens (tertiary/aromatic N) is 1. The highest BCUT2D eigenvalue weighted by atomic mass is 16.6. The fourth-order valence-corrected chi connectivity index (χ4v) is 6.26. The lowest BCUT2D eigenvalue weighted by molar-refractivity contribution is -0.0353. The molecule has 3 saturated heterocycles. The van der Waals surface area contributed by atoms with E-state index in [1.165, 1.54) is 27.8 Å². The molecule has 0 aromatic heterocycles. The Hall–Kier alpha value is -2.33. The Morgan fingerprint density at radius 3 is 2.59 bits per heavy atom. The van der Waals surface area contributed by atoms with Crippen LogP contribution in [-0.4, -0.2) is 36.7 Å². The molecule has 1 aliphatic carbocycles. The molecule has 4 heteroatoms. The zero-order chi connectivity index (χ0) is 23.9. The summed E-state index contributed by atoms with van der Waals surface area (Å²) in [6.07, 6.45) is 5.26. The molecule has 2 bridgehead atoms. The van der Waals surface area contributed by atoms with Crippen molar-refractivity contribution < 1.29 is 9.53 Å². The lowest BCUT2D eigenvalue weighted by Crippen LogP contribution is -2.53. The van der Waals surface area contributed by atoms with Crippen LogP contribution in [0.4, 0.5) is 4.79 Å². The predicted octanol–water partition coefficient (Wildman–Crippen LogP) is 6.39. The van der Waals surface area contributed by atoms with Gasteiger partial charge in [-0.3, -0.25) is 4.90 Å². The van der Waals surface area contributed by atoms with Crippen molar-refractivity contribution >= 4 is 6.09 Å². The van der Waals surface area contributed by atoms with Crippen molar-refractivity contribution in [3.05, 3.63) is 59.2 Å². The summed E-state index contributed by atoms with van der Waals surface area (Å²) in [6, 6.07) is 15.7. The minimum atomic E-state index is -0.255. The van der Waals surface area contributed by atoms with Crippen LogP contribution in [0.3, 0.4) is 0 Å². The number of carbonyl (C=O) groups is 1. The van der Waals surface area contributed by atoms with Gasteiger partial charge in [0.05, 0.1) is 6.04 Å². The van der Waals surface area contributed by atoms with Crippen molar-refractivity contribution in [2.75, 3.05) is 19.6 Å². The average molecular weight is 461 g/mol. The number of carbonyl (C=O) groups excluding carboxylic acids is 1. The zero-order valence-corrected chi connectivity index (χ0v) is 21.3. The van der Waals surface area contributed by atoms with Crippen molar-refractivity contribution in [2.24, 2.45) is 17.3 Å². The van der Waals surface area contributed by atoms with Crippen molar-refractivity contribution in [1.29, 1.82) is 0 Å². The third-order valence-corrected chi connectivity index (χ3v) is 8.30. The minimum absolute atomic E-state index is 0.0141. The molecule has 4 aliphatic rings. The topological polar surface area (TPSA) is 41.6 Å². The maximum atomic E-state index is 13.0. The van der Waals surface area contributed by atoms with Gasteiger partial charge < -0.3 is 10.1 Å². The molecule has 2 atom stereocenters. The maximum absolute atomic E-state index is 13.0. The molecule has 0 spiro atoms. The number of fused-ring (bicyclic) bond motifs is 4. The molecule has 2 aromatic carbocycles. The van der Waals surface area contributed by atoms with E-state index in [-0.39, 0.29) is 23.7 Å². The number of rotatable bonds is 5. The summed E-state index contributed by atoms with van der Waals surface area (Å²) in [5.41, 5.74) is 6.50. The highest BCUT2D eigenvalue weighted by Gasteiger charge is 2.40. The molecule has 1 amide bonds. The first kappa shape index (κ1) is 23.4. The molecule has 0 saturated carbocycles. The van der Waals surface area contributed by atoms with Crippen LogP contribution in [0.5, 0.6) is 0 Å². The summed E-state index contributed by atoms with van der Waals surface area (Å²) in [4.78, 5) is 15.4. The number of nitrogens with one attached hydrogen (secondary N) is 1. The molecule has 34 heavy (non-hydrogen) atoms. The van der Waals surface area contributed by atoms with Gasteiger partial charge in [-0.15, -0.1) is 0 Å². The van der Waals surface area contributed by atoms with E-state index in [0.717, 1.165) is 51.7 Å². The summed E-state index contributed by atoms with van der Waals surface area (Å²) in [5, 5.41) is 3.28. The molecule has 3 aliphatic heterocycles. The van der Waals surface area contributed by atoms with E-state index >= 15 is 0 Å². The maximum Gasteiger partial charge on any atom is 0.407 e. The Bertz CT molecular complexity index is 1040. The Labute approximate surface area is 205 Å². The fourth-order valence-electron chi connectivity index (χ4n) is 6.26. The van der Waals surface area contributed by atoms with E-state index < -0.39 is 0 Å². The van der Waals surface area contributed by atoms with Gasteiger partial charge in [0.2, 0.25) is 0 Å². The number of ether oxygens (including phenoxy) is 1. The molecule has 4 nitrogen and oxygen atoms in total. The third-order valence-electron chi connectivity index (χ3n) is 8.30. The molecular weight excluding hydrogens is 420 g/mol. The highest BCUT2D eigenvalue weighted by molar-refractivity contribution is 5.70. The zero-order valence-electron chi connectivity index (χ0n) is 21.3. The van der Waals surface area contributed by atoms with Gasteiger partial charge in [-0.2, -0.15) is 0 Å². The quantitative estimate of drug-likeness (QED) is 0.562. The number of hydrogen-bond acceptors (Lipinski definition) is 3. The molecule has 0 radical (unpaired) electrons. The van der Waals surface area contributed by atoms with Crippen LogP contribution in [0.2, 0.25) is 0 Å². The Balaban J connectivity index is 1.34. The summed E-state index contributed by atoms with van der Waals surface area (Å²) >= 11 is 0. The number of piperidine rings is 3. The lowest BCUT2D eigenvalue weighted by Gasteiger charge is -2.44. The standard InChI is InChI=1S/C30H40N2O2/c1-20(2)16-21-6-5-7-23(17-21)24-8-9-26-25(18-24)10-13-30(3,4)28(26)31-29(33)34-27-19-32-14-11-22(27)12-15-32/h5-9,17-18,20,22,27-28H,10-16,19H2,1-4H3,(H,31,33)/t27-,28-/m0/s1. The second kappa shape index (κ2) is 9.37. The van der Waals surface area contributed by atoms with Gasteiger partial charge in [0.15, 0.2) is 0 Å². The summed E-state index contributed by atoms with van der Waals surface area (Å²) in [7, 11) is 0. The largest absolute Gasteiger partial charge is 0.445 e. The van der Waals surface area contributed by atoms with Crippen LogP contribution < -0.4 is 5.32 Å². The molecule has 3 fully saturated rings. The van der Waals surface area contributed by atoms with Crippen molar-refractivity contribution in [2.45, 2.75) is 71.9 Å². The fraction of sp³-hybridized carbons (Fsp3) is 0.567.